The molecule has 0 aliphatic heterocycles. The van der Waals surface area contributed by atoms with Gasteiger partial charge in [0.05, 0.1) is 11.0 Å². The maximum absolute atomic E-state index is 13.4. The van der Waals surface area contributed by atoms with E-state index < -0.39 is 21.9 Å². The Morgan fingerprint density at radius 1 is 1.50 bits per heavy atom. The van der Waals surface area contributed by atoms with Gasteiger partial charge in [-0.3, -0.25) is 0 Å². The second kappa shape index (κ2) is 5.64. The Balaban J connectivity index is 2.98. The second-order valence-corrected chi connectivity index (χ2v) is 5.90. The van der Waals surface area contributed by atoms with Crippen LogP contribution in [-0.4, -0.2) is 26.2 Å². The molecule has 0 aromatic heterocycles. The zero-order valence-corrected chi connectivity index (χ0v) is 11.1. The van der Waals surface area contributed by atoms with Gasteiger partial charge in [0.1, 0.15) is 5.82 Å². The second-order valence-electron chi connectivity index (χ2n) is 4.16. The Hall–Kier alpha value is -1.18. The van der Waals surface area contributed by atoms with E-state index in [9.17, 15) is 12.8 Å². The summed E-state index contributed by atoms with van der Waals surface area (Å²) < 4.78 is 39.5. The number of aliphatic hydroxyl groups excluding tert-OH is 1. The SMILES string of the molecule is Cc1c(F)cc(N)cc1S(=O)(=O)NCCC(C)O. The van der Waals surface area contributed by atoms with Crippen LogP contribution in [0.5, 0.6) is 0 Å². The molecule has 0 spiro atoms. The number of rotatable bonds is 5. The van der Waals surface area contributed by atoms with Crippen LogP contribution in [0.2, 0.25) is 0 Å². The minimum Gasteiger partial charge on any atom is -0.399 e. The summed E-state index contributed by atoms with van der Waals surface area (Å²) >= 11 is 0. The Morgan fingerprint density at radius 2 is 2.11 bits per heavy atom. The number of hydrogen-bond acceptors (Lipinski definition) is 4. The maximum atomic E-state index is 13.4. The minimum absolute atomic E-state index is 0.0220. The standard InChI is InChI=1S/C11H17FN2O3S/c1-7(15)3-4-14-18(16,17)11-6-9(13)5-10(12)8(11)2/h5-7,14-15H,3-4,13H2,1-2H3. The first-order valence-electron chi connectivity index (χ1n) is 5.47. The smallest absolute Gasteiger partial charge is 0.241 e. The van der Waals surface area contributed by atoms with Gasteiger partial charge in [-0.2, -0.15) is 0 Å². The monoisotopic (exact) mass is 276 g/mol. The van der Waals surface area contributed by atoms with Crippen LogP contribution in [0.3, 0.4) is 0 Å². The van der Waals surface area contributed by atoms with E-state index in [4.69, 9.17) is 10.8 Å². The van der Waals surface area contributed by atoms with E-state index in [0.29, 0.717) is 0 Å². The molecule has 5 nitrogen and oxygen atoms in total. The van der Waals surface area contributed by atoms with Crippen molar-refractivity contribution in [3.05, 3.63) is 23.5 Å². The first-order valence-corrected chi connectivity index (χ1v) is 6.95. The number of nitrogens with two attached hydrogens (primary N) is 1. The van der Waals surface area contributed by atoms with Crippen LogP contribution in [0.25, 0.3) is 0 Å². The third kappa shape index (κ3) is 3.66. The van der Waals surface area contributed by atoms with Crippen molar-refractivity contribution in [1.29, 1.82) is 0 Å². The molecule has 0 aliphatic rings. The van der Waals surface area contributed by atoms with Crippen LogP contribution in [0.15, 0.2) is 17.0 Å². The quantitative estimate of drug-likeness (QED) is 0.692. The number of nitrogen functional groups attached to an aromatic ring is 1. The molecule has 0 aliphatic carbocycles. The summed E-state index contributed by atoms with van der Waals surface area (Å²) in [5, 5.41) is 9.05. The van der Waals surface area contributed by atoms with Gasteiger partial charge in [-0.05, 0) is 32.4 Å². The summed E-state index contributed by atoms with van der Waals surface area (Å²) in [5.74, 6) is -0.661. The molecule has 102 valence electrons. The van der Waals surface area contributed by atoms with E-state index in [-0.39, 0.29) is 29.1 Å². The molecule has 0 saturated carbocycles. The van der Waals surface area contributed by atoms with Crippen LogP contribution in [0.4, 0.5) is 10.1 Å². The van der Waals surface area contributed by atoms with Gasteiger partial charge in [0.15, 0.2) is 0 Å². The van der Waals surface area contributed by atoms with Crippen molar-refractivity contribution in [2.75, 3.05) is 12.3 Å². The molecule has 1 rings (SSSR count). The van der Waals surface area contributed by atoms with Crippen molar-refractivity contribution >= 4 is 15.7 Å². The molecule has 0 saturated heterocycles. The fourth-order valence-electron chi connectivity index (χ4n) is 1.43. The molecule has 1 aromatic carbocycles. The van der Waals surface area contributed by atoms with Gasteiger partial charge < -0.3 is 10.8 Å². The average Bonchev–Trinajstić information content (AvgIpc) is 2.22. The summed E-state index contributed by atoms with van der Waals surface area (Å²) in [4.78, 5) is -0.175. The van der Waals surface area contributed by atoms with Crippen LogP contribution in [-0.2, 0) is 10.0 Å². The van der Waals surface area contributed by atoms with Gasteiger partial charge in [-0.25, -0.2) is 17.5 Å². The van der Waals surface area contributed by atoms with Gasteiger partial charge in [0.2, 0.25) is 10.0 Å². The Morgan fingerprint density at radius 3 is 2.67 bits per heavy atom. The molecule has 1 unspecified atom stereocenters. The first kappa shape index (κ1) is 14.9. The van der Waals surface area contributed by atoms with E-state index in [1.54, 1.807) is 6.92 Å². The topological polar surface area (TPSA) is 92.4 Å². The van der Waals surface area contributed by atoms with Gasteiger partial charge in [-0.1, -0.05) is 0 Å². The predicted molar refractivity (Wildman–Crippen MR) is 67.0 cm³/mol. The Kier molecular flexibility index (Phi) is 4.66. The van der Waals surface area contributed by atoms with Gasteiger partial charge in [0, 0.05) is 17.8 Å². The zero-order chi connectivity index (χ0) is 13.9. The molecule has 0 bridgehead atoms. The van der Waals surface area contributed by atoms with Crippen molar-refractivity contribution in [3.8, 4) is 0 Å². The Bertz CT molecular complexity index is 529. The summed E-state index contributed by atoms with van der Waals surface area (Å²) in [6.45, 7) is 3.01. The highest BCUT2D eigenvalue weighted by Crippen LogP contribution is 2.21. The van der Waals surface area contributed by atoms with Crippen molar-refractivity contribution in [1.82, 2.24) is 4.72 Å². The number of nitrogens with one attached hydrogen (secondary N) is 1. The zero-order valence-electron chi connectivity index (χ0n) is 10.3. The molecule has 18 heavy (non-hydrogen) atoms. The lowest BCUT2D eigenvalue weighted by Crippen LogP contribution is -2.27. The van der Waals surface area contributed by atoms with Crippen LogP contribution in [0, 0.1) is 12.7 Å². The molecule has 4 N–H and O–H groups in total. The lowest BCUT2D eigenvalue weighted by atomic mass is 10.2. The predicted octanol–water partition coefficient (Wildman–Crippen LogP) is 0.766. The van der Waals surface area contributed by atoms with E-state index >= 15 is 0 Å². The largest absolute Gasteiger partial charge is 0.399 e. The van der Waals surface area contributed by atoms with Crippen molar-refractivity contribution < 1.29 is 17.9 Å². The van der Waals surface area contributed by atoms with E-state index in [2.05, 4.69) is 4.72 Å². The molecule has 0 fully saturated rings. The third-order valence-corrected chi connectivity index (χ3v) is 4.05. The summed E-state index contributed by atoms with van der Waals surface area (Å²) in [6, 6.07) is 2.28. The van der Waals surface area contributed by atoms with Crippen molar-refractivity contribution in [3.63, 3.8) is 0 Å². The summed E-state index contributed by atoms with van der Waals surface area (Å²) in [6.07, 6.45) is -0.324. The number of aliphatic hydroxyl groups is 1. The number of benzene rings is 1. The molecule has 0 radical (unpaired) electrons. The van der Waals surface area contributed by atoms with Gasteiger partial charge in [0.25, 0.3) is 0 Å². The lowest BCUT2D eigenvalue weighted by Gasteiger charge is -2.11. The first-order chi connectivity index (χ1) is 8.24. The van der Waals surface area contributed by atoms with E-state index in [1.165, 1.54) is 13.0 Å². The number of sulfonamides is 1. The Labute approximate surface area is 106 Å². The third-order valence-electron chi connectivity index (χ3n) is 2.46. The van der Waals surface area contributed by atoms with Crippen LogP contribution >= 0.6 is 0 Å². The molecule has 0 amide bonds. The maximum Gasteiger partial charge on any atom is 0.241 e. The normalized spacial score (nSPS) is 13.6. The van der Waals surface area contributed by atoms with Gasteiger partial charge in [-0.15, -0.1) is 0 Å². The summed E-state index contributed by atoms with van der Waals surface area (Å²) in [5.41, 5.74) is 5.50. The highest BCUT2D eigenvalue weighted by atomic mass is 32.2. The molecular formula is C11H17FN2O3S. The average molecular weight is 276 g/mol. The molecular weight excluding hydrogens is 259 g/mol. The fraction of sp³-hybridized carbons (Fsp3) is 0.455. The minimum atomic E-state index is -3.81. The van der Waals surface area contributed by atoms with Crippen molar-refractivity contribution in [2.45, 2.75) is 31.3 Å². The number of halogens is 1. The number of hydrogen-bond donors (Lipinski definition) is 3. The lowest BCUT2D eigenvalue weighted by molar-refractivity contribution is 0.186. The van der Waals surface area contributed by atoms with E-state index in [1.807, 2.05) is 0 Å². The fourth-order valence-corrected chi connectivity index (χ4v) is 2.77. The van der Waals surface area contributed by atoms with Crippen LogP contribution < -0.4 is 10.5 Å². The molecule has 0 heterocycles. The van der Waals surface area contributed by atoms with Crippen molar-refractivity contribution in [2.24, 2.45) is 0 Å². The molecule has 1 atom stereocenters. The van der Waals surface area contributed by atoms with Crippen LogP contribution in [0.1, 0.15) is 18.9 Å². The molecule has 7 heteroatoms. The number of anilines is 1. The summed E-state index contributed by atoms with van der Waals surface area (Å²) in [7, 11) is -3.81. The van der Waals surface area contributed by atoms with E-state index in [0.717, 1.165) is 6.07 Å². The van der Waals surface area contributed by atoms with Gasteiger partial charge >= 0.3 is 0 Å². The highest BCUT2D eigenvalue weighted by molar-refractivity contribution is 7.89. The molecule has 1 aromatic rings. The highest BCUT2D eigenvalue weighted by Gasteiger charge is 2.19.